The maximum atomic E-state index is 13.0. The van der Waals surface area contributed by atoms with Gasteiger partial charge in [0.05, 0.1) is 11.3 Å². The van der Waals surface area contributed by atoms with Gasteiger partial charge in [0.25, 0.3) is 0 Å². The Hall–Kier alpha value is -1.56. The molecule has 2 nitrogen and oxygen atoms in total. The lowest BCUT2D eigenvalue weighted by molar-refractivity contribution is 0.438. The summed E-state index contributed by atoms with van der Waals surface area (Å²) in [6, 6.07) is 6.57. The van der Waals surface area contributed by atoms with Crippen LogP contribution >= 0.6 is 0 Å². The summed E-state index contributed by atoms with van der Waals surface area (Å²) in [5, 5.41) is 12.3. The Morgan fingerprint density at radius 2 is 2.00 bits per heavy atom. The summed E-state index contributed by atoms with van der Waals surface area (Å²) < 4.78 is 13.0. The lowest BCUT2D eigenvalue weighted by atomic mass is 9.95. The van der Waals surface area contributed by atoms with E-state index in [4.69, 9.17) is 5.26 Å². The lowest BCUT2D eigenvalue weighted by Gasteiger charge is -2.24. The van der Waals surface area contributed by atoms with Crippen LogP contribution < -0.4 is 5.32 Å². The van der Waals surface area contributed by atoms with Crippen molar-refractivity contribution >= 4 is 5.69 Å². The van der Waals surface area contributed by atoms with Gasteiger partial charge in [0, 0.05) is 6.04 Å². The van der Waals surface area contributed by atoms with Crippen molar-refractivity contribution in [2.24, 2.45) is 5.92 Å². The molecule has 0 saturated heterocycles. The van der Waals surface area contributed by atoms with E-state index in [0.717, 1.165) is 12.8 Å². The zero-order valence-corrected chi connectivity index (χ0v) is 10.6. The Labute approximate surface area is 102 Å². The van der Waals surface area contributed by atoms with Crippen molar-refractivity contribution in [3.63, 3.8) is 0 Å². The number of anilines is 1. The molecule has 1 atom stereocenters. The lowest BCUT2D eigenvalue weighted by Crippen LogP contribution is -2.25. The number of nitrogens with zero attached hydrogens (tertiary/aromatic N) is 1. The number of rotatable bonds is 5. The molecular formula is C14H19FN2. The fraction of sp³-hybridized carbons (Fsp3) is 0.500. The molecule has 1 aromatic carbocycles. The smallest absolute Gasteiger partial charge is 0.124 e. The first kappa shape index (κ1) is 13.5. The van der Waals surface area contributed by atoms with Crippen LogP contribution in [0, 0.1) is 23.1 Å². The highest BCUT2D eigenvalue weighted by Crippen LogP contribution is 2.21. The summed E-state index contributed by atoms with van der Waals surface area (Å²) in [4.78, 5) is 0. The largest absolute Gasteiger partial charge is 0.381 e. The van der Waals surface area contributed by atoms with Crippen LogP contribution in [0.4, 0.5) is 10.1 Å². The molecule has 0 heterocycles. The molecule has 0 aliphatic rings. The number of benzene rings is 1. The van der Waals surface area contributed by atoms with Crippen molar-refractivity contribution < 1.29 is 4.39 Å². The van der Waals surface area contributed by atoms with Gasteiger partial charge in [-0.1, -0.05) is 26.7 Å². The fourth-order valence-corrected chi connectivity index (χ4v) is 2.09. The zero-order valence-electron chi connectivity index (χ0n) is 10.6. The molecular weight excluding hydrogens is 215 g/mol. The molecule has 0 aromatic heterocycles. The Bertz CT molecular complexity index is 405. The van der Waals surface area contributed by atoms with Gasteiger partial charge in [-0.25, -0.2) is 4.39 Å². The van der Waals surface area contributed by atoms with Gasteiger partial charge in [0.2, 0.25) is 0 Å². The summed E-state index contributed by atoms with van der Waals surface area (Å²) in [7, 11) is 0. The predicted octanol–water partition coefficient (Wildman–Crippen LogP) is 3.93. The maximum Gasteiger partial charge on any atom is 0.124 e. The van der Waals surface area contributed by atoms with Crippen LogP contribution in [0.25, 0.3) is 0 Å². The van der Waals surface area contributed by atoms with Crippen molar-refractivity contribution in [2.75, 3.05) is 5.32 Å². The van der Waals surface area contributed by atoms with Crippen molar-refractivity contribution in [3.05, 3.63) is 29.6 Å². The number of hydrogen-bond donors (Lipinski definition) is 1. The first-order valence-electron chi connectivity index (χ1n) is 6.08. The van der Waals surface area contributed by atoms with E-state index >= 15 is 0 Å². The minimum atomic E-state index is -0.373. The quantitative estimate of drug-likeness (QED) is 0.837. The van der Waals surface area contributed by atoms with E-state index in [1.165, 1.54) is 12.1 Å². The predicted molar refractivity (Wildman–Crippen MR) is 68.3 cm³/mol. The number of nitriles is 1. The van der Waals surface area contributed by atoms with E-state index in [1.807, 2.05) is 6.07 Å². The number of halogens is 1. The fourth-order valence-electron chi connectivity index (χ4n) is 2.09. The normalized spacial score (nSPS) is 12.2. The Morgan fingerprint density at radius 3 is 2.53 bits per heavy atom. The Kier molecular flexibility index (Phi) is 4.96. The third kappa shape index (κ3) is 3.45. The second-order valence-corrected chi connectivity index (χ2v) is 4.31. The highest BCUT2D eigenvalue weighted by molar-refractivity contribution is 5.57. The molecule has 0 aliphatic heterocycles. The minimum Gasteiger partial charge on any atom is -0.381 e. The standard InChI is InChI=1S/C14H19FN2/c1-4-11(5-2)10(3)17-14-7-6-13(15)8-12(14)9-16/h6-8,10-11,17H,4-5H2,1-3H3. The van der Waals surface area contributed by atoms with Gasteiger partial charge in [0.15, 0.2) is 0 Å². The summed E-state index contributed by atoms with van der Waals surface area (Å²) in [6.45, 7) is 6.41. The molecule has 0 spiro atoms. The molecule has 1 aromatic rings. The topological polar surface area (TPSA) is 35.8 Å². The summed E-state index contributed by atoms with van der Waals surface area (Å²) >= 11 is 0. The van der Waals surface area contributed by atoms with Crippen LogP contribution in [0.2, 0.25) is 0 Å². The molecule has 3 heteroatoms. The van der Waals surface area contributed by atoms with Crippen molar-refractivity contribution in [1.82, 2.24) is 0 Å². The average molecular weight is 234 g/mol. The molecule has 0 amide bonds. The molecule has 0 radical (unpaired) electrons. The van der Waals surface area contributed by atoms with Crippen LogP contribution in [0.3, 0.4) is 0 Å². The second-order valence-electron chi connectivity index (χ2n) is 4.31. The Balaban J connectivity index is 2.85. The van der Waals surface area contributed by atoms with Gasteiger partial charge in [-0.3, -0.25) is 0 Å². The van der Waals surface area contributed by atoms with Crippen molar-refractivity contribution in [3.8, 4) is 6.07 Å². The van der Waals surface area contributed by atoms with Crippen molar-refractivity contribution in [1.29, 1.82) is 5.26 Å². The SMILES string of the molecule is CCC(CC)C(C)Nc1ccc(F)cc1C#N. The Morgan fingerprint density at radius 1 is 1.35 bits per heavy atom. The highest BCUT2D eigenvalue weighted by Gasteiger charge is 2.14. The van der Waals surface area contributed by atoms with Crippen LogP contribution in [0.15, 0.2) is 18.2 Å². The van der Waals surface area contributed by atoms with Crippen LogP contribution in [-0.4, -0.2) is 6.04 Å². The van der Waals surface area contributed by atoms with E-state index in [9.17, 15) is 4.39 Å². The molecule has 1 N–H and O–H groups in total. The van der Waals surface area contributed by atoms with E-state index in [-0.39, 0.29) is 11.9 Å². The number of nitrogens with one attached hydrogen (secondary N) is 1. The van der Waals surface area contributed by atoms with E-state index in [0.29, 0.717) is 17.2 Å². The zero-order chi connectivity index (χ0) is 12.8. The van der Waals surface area contributed by atoms with Crippen LogP contribution in [0.5, 0.6) is 0 Å². The van der Waals surface area contributed by atoms with Gasteiger partial charge in [0.1, 0.15) is 11.9 Å². The minimum absolute atomic E-state index is 0.280. The first-order chi connectivity index (χ1) is 8.12. The van der Waals surface area contributed by atoms with Crippen LogP contribution in [-0.2, 0) is 0 Å². The van der Waals surface area contributed by atoms with Gasteiger partial charge in [-0.2, -0.15) is 5.26 Å². The van der Waals surface area contributed by atoms with Crippen molar-refractivity contribution in [2.45, 2.75) is 39.7 Å². The number of hydrogen-bond acceptors (Lipinski definition) is 2. The van der Waals surface area contributed by atoms with E-state index in [2.05, 4.69) is 26.1 Å². The second kappa shape index (κ2) is 6.24. The molecule has 92 valence electrons. The third-order valence-corrected chi connectivity index (χ3v) is 3.24. The van der Waals surface area contributed by atoms with Crippen LogP contribution in [0.1, 0.15) is 39.2 Å². The van der Waals surface area contributed by atoms with Gasteiger partial charge in [-0.15, -0.1) is 0 Å². The summed E-state index contributed by atoms with van der Waals surface area (Å²) in [5.41, 5.74) is 1.08. The van der Waals surface area contributed by atoms with Gasteiger partial charge >= 0.3 is 0 Å². The summed E-state index contributed by atoms with van der Waals surface area (Å²) in [5.74, 6) is 0.189. The molecule has 1 rings (SSSR count). The maximum absolute atomic E-state index is 13.0. The third-order valence-electron chi connectivity index (χ3n) is 3.24. The molecule has 0 saturated carbocycles. The van der Waals surface area contributed by atoms with Gasteiger partial charge < -0.3 is 5.32 Å². The monoisotopic (exact) mass is 234 g/mol. The molecule has 17 heavy (non-hydrogen) atoms. The highest BCUT2D eigenvalue weighted by atomic mass is 19.1. The van der Waals surface area contributed by atoms with E-state index in [1.54, 1.807) is 6.07 Å². The first-order valence-corrected chi connectivity index (χ1v) is 6.08. The van der Waals surface area contributed by atoms with Gasteiger partial charge in [-0.05, 0) is 31.0 Å². The molecule has 1 unspecified atom stereocenters. The average Bonchev–Trinajstić information content (AvgIpc) is 2.33. The molecule has 0 fully saturated rings. The summed E-state index contributed by atoms with van der Waals surface area (Å²) in [6.07, 6.45) is 2.18. The van der Waals surface area contributed by atoms with E-state index < -0.39 is 0 Å². The molecule has 0 aliphatic carbocycles. The molecule has 0 bridgehead atoms.